The molecule has 2 aromatic carbocycles. The highest BCUT2D eigenvalue weighted by molar-refractivity contribution is 7.61. The molecule has 5 nitrogen and oxygen atoms in total. The van der Waals surface area contributed by atoms with Gasteiger partial charge in [0.2, 0.25) is 0 Å². The van der Waals surface area contributed by atoms with Crippen molar-refractivity contribution in [2.75, 3.05) is 0 Å². The normalized spacial score (nSPS) is 13.8. The van der Waals surface area contributed by atoms with E-state index in [1.54, 1.807) is 0 Å². The van der Waals surface area contributed by atoms with Crippen molar-refractivity contribution in [2.45, 2.75) is 0 Å². The highest BCUT2D eigenvalue weighted by Gasteiger charge is 2.24. The van der Waals surface area contributed by atoms with Crippen molar-refractivity contribution in [3.63, 3.8) is 0 Å². The second-order valence-electron chi connectivity index (χ2n) is 3.62. The second-order valence-corrected chi connectivity index (χ2v) is 5.36. The summed E-state index contributed by atoms with van der Waals surface area (Å²) in [7, 11) is -3.99. The molecule has 0 bridgehead atoms. The maximum atomic E-state index is 12.0. The summed E-state index contributed by atoms with van der Waals surface area (Å²) in [6, 6.07) is 10.7. The fourth-order valence-corrected chi connectivity index (χ4v) is 2.38. The molecule has 0 aromatic heterocycles. The van der Waals surface area contributed by atoms with E-state index in [1.165, 1.54) is 48.5 Å². The minimum Gasteiger partial charge on any atom is -0.508 e. The monoisotopic (exact) mass is 266 g/mol. The molecule has 0 heterocycles. The molecule has 0 saturated carbocycles. The van der Waals surface area contributed by atoms with Gasteiger partial charge in [-0.2, -0.15) is 0 Å². The number of rotatable bonds is 3. The predicted molar refractivity (Wildman–Crippen MR) is 66.3 cm³/mol. The lowest BCUT2D eigenvalue weighted by Gasteiger charge is -2.13. The maximum absolute atomic E-state index is 12.0. The third-order valence-electron chi connectivity index (χ3n) is 2.24. The van der Waals surface area contributed by atoms with Crippen molar-refractivity contribution < 1.29 is 24.2 Å². The number of benzene rings is 2. The predicted octanol–water partition coefficient (Wildman–Crippen LogP) is 1.99. The van der Waals surface area contributed by atoms with E-state index >= 15 is 0 Å². The molecule has 94 valence electrons. The highest BCUT2D eigenvalue weighted by atomic mass is 31.2. The Labute approximate surface area is 103 Å². The summed E-state index contributed by atoms with van der Waals surface area (Å²) in [5.41, 5.74) is 0. The first-order chi connectivity index (χ1) is 8.47. The average Bonchev–Trinajstić information content (AvgIpc) is 2.32. The molecule has 0 radical (unpaired) electrons. The first kappa shape index (κ1) is 12.5. The van der Waals surface area contributed by atoms with Crippen molar-refractivity contribution in [2.24, 2.45) is 0 Å². The molecule has 0 aliphatic rings. The van der Waals surface area contributed by atoms with Crippen LogP contribution < -0.4 is 9.83 Å². The second kappa shape index (κ2) is 4.72. The van der Waals surface area contributed by atoms with Gasteiger partial charge in [0.15, 0.2) is 0 Å². The molecule has 0 aliphatic carbocycles. The van der Waals surface area contributed by atoms with Crippen LogP contribution in [-0.2, 0) is 4.57 Å². The van der Waals surface area contributed by atoms with Crippen LogP contribution in [0.5, 0.6) is 17.2 Å². The third-order valence-corrected chi connectivity index (χ3v) is 3.65. The zero-order valence-corrected chi connectivity index (χ0v) is 10.1. The van der Waals surface area contributed by atoms with Gasteiger partial charge in [0, 0.05) is 0 Å². The maximum Gasteiger partial charge on any atom is 0.408 e. The zero-order valence-electron chi connectivity index (χ0n) is 9.22. The Hall–Kier alpha value is -1.97. The van der Waals surface area contributed by atoms with Gasteiger partial charge in [0.1, 0.15) is 17.2 Å². The summed E-state index contributed by atoms with van der Waals surface area (Å²) >= 11 is 0. The molecule has 3 N–H and O–H groups in total. The van der Waals surface area contributed by atoms with Crippen LogP contribution in [0.25, 0.3) is 0 Å². The number of aromatic hydroxyl groups is 2. The summed E-state index contributed by atoms with van der Waals surface area (Å²) in [5.74, 6) is 0.217. The van der Waals surface area contributed by atoms with Crippen LogP contribution in [0.2, 0.25) is 0 Å². The molecule has 0 spiro atoms. The van der Waals surface area contributed by atoms with E-state index in [-0.39, 0.29) is 22.6 Å². The standard InChI is InChI=1S/C12H11O5P/c13-9-1-5-11(6-2-9)17-18(15,16)12-7-3-10(14)4-8-12/h1-8,13-14H,(H,15,16). The van der Waals surface area contributed by atoms with E-state index in [9.17, 15) is 9.46 Å². The lowest BCUT2D eigenvalue weighted by Crippen LogP contribution is -2.08. The van der Waals surface area contributed by atoms with E-state index in [1.807, 2.05) is 0 Å². The van der Waals surface area contributed by atoms with Gasteiger partial charge in [-0.05, 0) is 48.5 Å². The number of hydrogen-bond acceptors (Lipinski definition) is 4. The Bertz CT molecular complexity index is 576. The average molecular weight is 266 g/mol. The van der Waals surface area contributed by atoms with Crippen molar-refractivity contribution in [3.05, 3.63) is 48.5 Å². The fourth-order valence-electron chi connectivity index (χ4n) is 1.34. The van der Waals surface area contributed by atoms with Gasteiger partial charge in [-0.25, -0.2) is 4.57 Å². The van der Waals surface area contributed by atoms with E-state index < -0.39 is 7.60 Å². The van der Waals surface area contributed by atoms with Crippen LogP contribution in [0, 0.1) is 0 Å². The molecular formula is C12H11O5P. The molecular weight excluding hydrogens is 255 g/mol. The number of hydrogen-bond donors (Lipinski definition) is 3. The SMILES string of the molecule is O=P(O)(Oc1ccc(O)cc1)c1ccc(O)cc1. The molecule has 1 atom stereocenters. The molecule has 6 heteroatoms. The molecule has 0 amide bonds. The molecule has 0 fully saturated rings. The molecule has 1 unspecified atom stereocenters. The lowest BCUT2D eigenvalue weighted by atomic mass is 10.3. The smallest absolute Gasteiger partial charge is 0.408 e. The minimum absolute atomic E-state index is 0.00313. The van der Waals surface area contributed by atoms with Crippen LogP contribution in [0.15, 0.2) is 48.5 Å². The van der Waals surface area contributed by atoms with Gasteiger partial charge in [-0.1, -0.05) is 0 Å². The first-order valence-corrected chi connectivity index (χ1v) is 6.66. The Morgan fingerprint density at radius 3 is 1.78 bits per heavy atom. The first-order valence-electron chi connectivity index (χ1n) is 5.08. The van der Waals surface area contributed by atoms with Crippen LogP contribution >= 0.6 is 7.60 Å². The van der Waals surface area contributed by atoms with Crippen molar-refractivity contribution in [1.82, 2.24) is 0 Å². The van der Waals surface area contributed by atoms with E-state index in [4.69, 9.17) is 14.7 Å². The van der Waals surface area contributed by atoms with Gasteiger partial charge < -0.3 is 19.6 Å². The third kappa shape index (κ3) is 2.83. The Kier molecular flexibility index (Phi) is 3.28. The van der Waals surface area contributed by atoms with Crippen LogP contribution in [-0.4, -0.2) is 15.1 Å². The van der Waals surface area contributed by atoms with Gasteiger partial charge >= 0.3 is 7.60 Å². The largest absolute Gasteiger partial charge is 0.508 e. The Morgan fingerprint density at radius 2 is 1.28 bits per heavy atom. The van der Waals surface area contributed by atoms with Gasteiger partial charge in [-0.3, -0.25) is 0 Å². The zero-order chi connectivity index (χ0) is 13.2. The van der Waals surface area contributed by atoms with Crippen molar-refractivity contribution in [1.29, 1.82) is 0 Å². The summed E-state index contributed by atoms with van der Waals surface area (Å²) in [6.45, 7) is 0. The lowest BCUT2D eigenvalue weighted by molar-refractivity contribution is 0.392. The molecule has 18 heavy (non-hydrogen) atoms. The quantitative estimate of drug-likeness (QED) is 0.739. The van der Waals surface area contributed by atoms with Gasteiger partial charge in [-0.15, -0.1) is 0 Å². The summed E-state index contributed by atoms with van der Waals surface area (Å²) in [5, 5.41) is 18.3. The summed E-state index contributed by atoms with van der Waals surface area (Å²) in [4.78, 5) is 9.79. The van der Waals surface area contributed by atoms with Crippen molar-refractivity contribution >= 4 is 12.9 Å². The topological polar surface area (TPSA) is 87.0 Å². The Balaban J connectivity index is 2.24. The van der Waals surface area contributed by atoms with E-state index in [0.29, 0.717) is 0 Å². The molecule has 2 rings (SSSR count). The van der Waals surface area contributed by atoms with Crippen LogP contribution in [0.1, 0.15) is 0 Å². The molecule has 0 saturated heterocycles. The molecule has 0 aliphatic heterocycles. The number of phenolic OH excluding ortho intramolecular Hbond substituents is 2. The fraction of sp³-hybridized carbons (Fsp3) is 0. The van der Waals surface area contributed by atoms with Crippen molar-refractivity contribution in [3.8, 4) is 17.2 Å². The van der Waals surface area contributed by atoms with Gasteiger partial charge in [0.05, 0.1) is 5.30 Å². The van der Waals surface area contributed by atoms with E-state index in [0.717, 1.165) is 0 Å². The van der Waals surface area contributed by atoms with Crippen LogP contribution in [0.3, 0.4) is 0 Å². The number of phenols is 2. The molecule has 2 aromatic rings. The summed E-state index contributed by atoms with van der Waals surface area (Å²) in [6.07, 6.45) is 0. The highest BCUT2D eigenvalue weighted by Crippen LogP contribution is 2.41. The summed E-state index contributed by atoms with van der Waals surface area (Å²) < 4.78 is 17.0. The minimum atomic E-state index is -3.99. The van der Waals surface area contributed by atoms with Crippen LogP contribution in [0.4, 0.5) is 0 Å². The van der Waals surface area contributed by atoms with Gasteiger partial charge in [0.25, 0.3) is 0 Å². The van der Waals surface area contributed by atoms with E-state index in [2.05, 4.69) is 0 Å². The Morgan fingerprint density at radius 1 is 0.833 bits per heavy atom.